The van der Waals surface area contributed by atoms with E-state index in [1.54, 1.807) is 0 Å². The van der Waals surface area contributed by atoms with Crippen LogP contribution in [0.25, 0.3) is 0 Å². The molecule has 0 rings (SSSR count). The van der Waals surface area contributed by atoms with Crippen LogP contribution < -0.4 is 5.90 Å². The molecule has 0 saturated heterocycles. The van der Waals surface area contributed by atoms with Crippen molar-refractivity contribution in [3.63, 3.8) is 0 Å². The van der Waals surface area contributed by atoms with Gasteiger partial charge in [-0.2, -0.15) is 0 Å². The zero-order valence-electron chi connectivity index (χ0n) is 4.49. The Bertz CT molecular complexity index is 50.0. The molecule has 8 heavy (non-hydrogen) atoms. The molecular formula is C2H8N2O4. The van der Waals surface area contributed by atoms with Crippen LogP contribution in [0.2, 0.25) is 0 Å². The summed E-state index contributed by atoms with van der Waals surface area (Å²) in [7, 11) is 0. The largest absolute Gasteiger partial charge is 0.356 e. The van der Waals surface area contributed by atoms with Crippen LogP contribution in [-0.2, 0) is 4.84 Å². The molecule has 0 heterocycles. The van der Waals surface area contributed by atoms with Crippen molar-refractivity contribution in [2.24, 2.45) is 0 Å². The Morgan fingerprint density at radius 3 is 1.88 bits per heavy atom. The molecule has 6 heteroatoms. The van der Waals surface area contributed by atoms with Crippen molar-refractivity contribution in [1.29, 1.82) is 0 Å². The van der Waals surface area contributed by atoms with Gasteiger partial charge in [0.05, 0.1) is 5.09 Å². The SMILES string of the molecule is CCO[NH3+].O=[N+]([O-])[O-]. The van der Waals surface area contributed by atoms with Crippen molar-refractivity contribution in [3.8, 4) is 0 Å². The lowest BCUT2D eigenvalue weighted by atomic mass is 10.9. The molecule has 0 aromatic rings. The third-order valence-electron chi connectivity index (χ3n) is 0.204. The smallest absolute Gasteiger partial charge is 0.103 e. The Morgan fingerprint density at radius 1 is 1.75 bits per heavy atom. The fourth-order valence-corrected chi connectivity index (χ4v) is 0. The van der Waals surface area contributed by atoms with E-state index < -0.39 is 5.09 Å². The van der Waals surface area contributed by atoms with Gasteiger partial charge >= 0.3 is 0 Å². The van der Waals surface area contributed by atoms with Gasteiger partial charge in [-0.15, -0.1) is 0 Å². The summed E-state index contributed by atoms with van der Waals surface area (Å²) in [6.45, 7) is 2.60. The van der Waals surface area contributed by atoms with E-state index in [0.717, 1.165) is 0 Å². The van der Waals surface area contributed by atoms with Gasteiger partial charge in [-0.1, -0.05) is 0 Å². The molecule has 0 aliphatic heterocycles. The van der Waals surface area contributed by atoms with Crippen molar-refractivity contribution < 1.29 is 15.8 Å². The van der Waals surface area contributed by atoms with Gasteiger partial charge in [0.1, 0.15) is 6.61 Å². The predicted molar refractivity (Wildman–Crippen MR) is 24.9 cm³/mol. The molecule has 0 saturated carbocycles. The Kier molecular flexibility index (Phi) is 12.0. The monoisotopic (exact) mass is 124 g/mol. The van der Waals surface area contributed by atoms with Gasteiger partial charge in [-0.05, 0) is 6.92 Å². The third-order valence-corrected chi connectivity index (χ3v) is 0.204. The fourth-order valence-electron chi connectivity index (χ4n) is 0. The van der Waals surface area contributed by atoms with Crippen LogP contribution in [0.4, 0.5) is 0 Å². The summed E-state index contributed by atoms with van der Waals surface area (Å²) in [6, 6.07) is 0. The molecule has 0 fully saturated rings. The highest BCUT2D eigenvalue weighted by Gasteiger charge is 1.56. The second-order valence-corrected chi connectivity index (χ2v) is 0.716. The zero-order valence-corrected chi connectivity index (χ0v) is 4.49. The molecule has 0 radical (unpaired) electrons. The maximum absolute atomic E-state index is 8.25. The topological polar surface area (TPSA) is 103 Å². The van der Waals surface area contributed by atoms with Crippen LogP contribution in [0.5, 0.6) is 0 Å². The van der Waals surface area contributed by atoms with E-state index in [4.69, 9.17) is 15.3 Å². The molecule has 0 spiro atoms. The molecule has 0 atom stereocenters. The highest BCUT2D eigenvalue weighted by Crippen LogP contribution is 1.44. The third kappa shape index (κ3) is 6040. The number of quaternary nitrogens is 1. The standard InChI is InChI=1S/C2H8NO.NO3/c1-2-4-3;2-1(3)4/h2H2,1,3H3;/q+1;-1. The van der Waals surface area contributed by atoms with Gasteiger partial charge in [0, 0.05) is 0 Å². The number of rotatable bonds is 1. The molecule has 0 aromatic carbocycles. The normalized spacial score (nSPS) is 6.75. The second-order valence-electron chi connectivity index (χ2n) is 0.716. The summed E-state index contributed by atoms with van der Waals surface area (Å²) in [5.41, 5.74) is 0. The zero-order chi connectivity index (χ0) is 6.99. The summed E-state index contributed by atoms with van der Waals surface area (Å²) in [6.07, 6.45) is 0. The number of hydrogen-bond acceptors (Lipinski definition) is 4. The van der Waals surface area contributed by atoms with E-state index in [2.05, 4.69) is 10.7 Å². The average molecular weight is 124 g/mol. The lowest BCUT2D eigenvalue weighted by Gasteiger charge is -1.74. The first kappa shape index (κ1) is 10.2. The Hall–Kier alpha value is -0.880. The van der Waals surface area contributed by atoms with E-state index >= 15 is 0 Å². The first-order valence-corrected chi connectivity index (χ1v) is 1.83. The van der Waals surface area contributed by atoms with Crippen LogP contribution in [0.15, 0.2) is 0 Å². The van der Waals surface area contributed by atoms with E-state index in [1.807, 2.05) is 6.92 Å². The Labute approximate surface area is 45.9 Å². The second kappa shape index (κ2) is 9.45. The molecule has 0 aliphatic carbocycles. The molecule has 0 aliphatic rings. The molecular weight excluding hydrogens is 116 g/mol. The van der Waals surface area contributed by atoms with Crippen molar-refractivity contribution in [2.45, 2.75) is 6.92 Å². The quantitative estimate of drug-likeness (QED) is 0.355. The summed E-state index contributed by atoms with van der Waals surface area (Å²) in [5.74, 6) is 3.10. The molecule has 0 unspecified atom stereocenters. The van der Waals surface area contributed by atoms with Crippen LogP contribution in [0.1, 0.15) is 6.92 Å². The van der Waals surface area contributed by atoms with Gasteiger partial charge in [0.25, 0.3) is 0 Å². The minimum atomic E-state index is -1.75. The fraction of sp³-hybridized carbons (Fsp3) is 1.00. The summed E-state index contributed by atoms with van der Waals surface area (Å²) in [4.78, 5) is 12.5. The van der Waals surface area contributed by atoms with Crippen LogP contribution in [-0.4, -0.2) is 11.7 Å². The molecule has 0 aromatic heterocycles. The first-order valence-electron chi connectivity index (χ1n) is 1.83. The van der Waals surface area contributed by atoms with E-state index in [9.17, 15) is 0 Å². The van der Waals surface area contributed by atoms with E-state index in [1.165, 1.54) is 0 Å². The van der Waals surface area contributed by atoms with Crippen LogP contribution >= 0.6 is 0 Å². The van der Waals surface area contributed by atoms with Gasteiger partial charge in [-0.25, -0.2) is 10.7 Å². The van der Waals surface area contributed by atoms with Gasteiger partial charge in [0.2, 0.25) is 0 Å². The molecule has 0 bridgehead atoms. The van der Waals surface area contributed by atoms with Crippen molar-refractivity contribution in [3.05, 3.63) is 15.3 Å². The maximum atomic E-state index is 8.25. The molecule has 3 N–H and O–H groups in total. The highest BCUT2D eigenvalue weighted by molar-refractivity contribution is 4.03. The van der Waals surface area contributed by atoms with Gasteiger partial charge in [-0.3, -0.25) is 0 Å². The predicted octanol–water partition coefficient (Wildman–Crippen LogP) is -1.06. The lowest BCUT2D eigenvalue weighted by molar-refractivity contribution is -0.688. The number of hydrogen-bond donors (Lipinski definition) is 1. The molecule has 50 valence electrons. The maximum Gasteiger partial charge on any atom is 0.103 e. The summed E-state index contributed by atoms with van der Waals surface area (Å²) in [5, 5.41) is 14.8. The van der Waals surface area contributed by atoms with Crippen LogP contribution in [0, 0.1) is 15.3 Å². The first-order chi connectivity index (χ1) is 3.65. The van der Waals surface area contributed by atoms with Gasteiger partial charge < -0.3 is 15.3 Å². The molecule has 0 amide bonds. The average Bonchev–Trinajstić information content (AvgIpc) is 1.65. The van der Waals surface area contributed by atoms with Crippen LogP contribution in [0.3, 0.4) is 0 Å². The minimum Gasteiger partial charge on any atom is -0.356 e. The van der Waals surface area contributed by atoms with E-state index in [-0.39, 0.29) is 0 Å². The van der Waals surface area contributed by atoms with Crippen molar-refractivity contribution in [1.82, 2.24) is 0 Å². The number of nitrogens with zero attached hydrogens (tertiary/aromatic N) is 1. The highest BCUT2D eigenvalue weighted by atomic mass is 16.9. The van der Waals surface area contributed by atoms with Crippen molar-refractivity contribution >= 4 is 0 Å². The Morgan fingerprint density at radius 2 is 1.88 bits per heavy atom. The summed E-state index contributed by atoms with van der Waals surface area (Å²) >= 11 is 0. The summed E-state index contributed by atoms with van der Waals surface area (Å²) < 4.78 is 0. The van der Waals surface area contributed by atoms with Gasteiger partial charge in [0.15, 0.2) is 0 Å². The Balaban J connectivity index is 0. The van der Waals surface area contributed by atoms with Crippen molar-refractivity contribution in [2.75, 3.05) is 6.61 Å². The molecule has 6 nitrogen and oxygen atoms in total. The lowest BCUT2D eigenvalue weighted by Crippen LogP contribution is -2.48. The van der Waals surface area contributed by atoms with E-state index in [0.29, 0.717) is 6.61 Å². The minimum absolute atomic E-state index is 0.708.